The van der Waals surface area contributed by atoms with Gasteiger partial charge in [-0.25, -0.2) is 4.68 Å². The molecule has 2 N–H and O–H groups in total. The van der Waals surface area contributed by atoms with Gasteiger partial charge in [0.15, 0.2) is 0 Å². The second-order valence-corrected chi connectivity index (χ2v) is 5.18. The number of likely N-dealkylation sites (N-methyl/N-ethyl adjacent to an activating group) is 1. The van der Waals surface area contributed by atoms with Crippen LogP contribution in [0.15, 0.2) is 42.7 Å². The smallest absolute Gasteiger partial charge is 0.0791 e. The first-order valence-electron chi connectivity index (χ1n) is 6.77. The van der Waals surface area contributed by atoms with Crippen LogP contribution < -0.4 is 5.32 Å². The molecule has 0 aliphatic heterocycles. The van der Waals surface area contributed by atoms with Crippen molar-refractivity contribution in [2.24, 2.45) is 0 Å². The molecule has 1 heterocycles. The summed E-state index contributed by atoms with van der Waals surface area (Å²) in [6.45, 7) is 1.95. The Kier molecular flexibility index (Phi) is 5.29. The third-order valence-corrected chi connectivity index (χ3v) is 2.94. The zero-order valence-electron chi connectivity index (χ0n) is 12.0. The summed E-state index contributed by atoms with van der Waals surface area (Å²) in [5, 5.41) is 17.3. The molecule has 0 radical (unpaired) electrons. The van der Waals surface area contributed by atoms with Crippen molar-refractivity contribution < 1.29 is 5.11 Å². The number of rotatable bonds is 7. The van der Waals surface area contributed by atoms with E-state index in [0.29, 0.717) is 19.6 Å². The Bertz CT molecular complexity index is 510. The van der Waals surface area contributed by atoms with Crippen molar-refractivity contribution in [2.75, 3.05) is 27.2 Å². The number of aliphatic hydroxyl groups is 1. The van der Waals surface area contributed by atoms with E-state index >= 15 is 0 Å². The van der Waals surface area contributed by atoms with Crippen molar-refractivity contribution in [1.82, 2.24) is 20.0 Å². The average molecular weight is 274 g/mol. The van der Waals surface area contributed by atoms with E-state index in [1.807, 2.05) is 66.4 Å². The van der Waals surface area contributed by atoms with E-state index in [0.717, 1.165) is 11.3 Å². The number of hydrogen-bond acceptors (Lipinski definition) is 4. The standard InChI is InChI=1S/C15H22N4O/c1-18(2)12-15(20)10-16-8-13-9-17-19(11-13)14-6-4-3-5-7-14/h3-7,9,11,15-16,20H,8,10,12H2,1-2H3. The lowest BCUT2D eigenvalue weighted by molar-refractivity contribution is 0.134. The predicted molar refractivity (Wildman–Crippen MR) is 79.8 cm³/mol. The highest BCUT2D eigenvalue weighted by Gasteiger charge is 2.05. The van der Waals surface area contributed by atoms with E-state index in [4.69, 9.17) is 0 Å². The first-order chi connectivity index (χ1) is 9.65. The van der Waals surface area contributed by atoms with Crippen molar-refractivity contribution in [2.45, 2.75) is 12.6 Å². The van der Waals surface area contributed by atoms with Crippen LogP contribution in [0.1, 0.15) is 5.56 Å². The van der Waals surface area contributed by atoms with Crippen LogP contribution in [0.5, 0.6) is 0 Å². The second-order valence-electron chi connectivity index (χ2n) is 5.18. The Morgan fingerprint density at radius 1 is 1.30 bits per heavy atom. The lowest BCUT2D eigenvalue weighted by Crippen LogP contribution is -2.34. The maximum atomic E-state index is 9.76. The van der Waals surface area contributed by atoms with Gasteiger partial charge in [-0.15, -0.1) is 0 Å². The van der Waals surface area contributed by atoms with Gasteiger partial charge < -0.3 is 15.3 Å². The van der Waals surface area contributed by atoms with Crippen molar-refractivity contribution in [1.29, 1.82) is 0 Å². The van der Waals surface area contributed by atoms with Gasteiger partial charge in [-0.2, -0.15) is 5.10 Å². The van der Waals surface area contributed by atoms with E-state index in [2.05, 4.69) is 10.4 Å². The van der Waals surface area contributed by atoms with Crippen LogP contribution in [-0.2, 0) is 6.54 Å². The Balaban J connectivity index is 1.82. The zero-order chi connectivity index (χ0) is 14.4. The van der Waals surface area contributed by atoms with Crippen LogP contribution in [0.3, 0.4) is 0 Å². The third-order valence-electron chi connectivity index (χ3n) is 2.94. The maximum Gasteiger partial charge on any atom is 0.0791 e. The molecule has 0 spiro atoms. The normalized spacial score (nSPS) is 12.8. The van der Waals surface area contributed by atoms with Crippen LogP contribution >= 0.6 is 0 Å². The molecule has 0 aliphatic carbocycles. The summed E-state index contributed by atoms with van der Waals surface area (Å²) in [6, 6.07) is 10.0. The molecule has 2 aromatic rings. The number of aliphatic hydroxyl groups excluding tert-OH is 1. The molecule has 0 saturated carbocycles. The summed E-state index contributed by atoms with van der Waals surface area (Å²) >= 11 is 0. The Morgan fingerprint density at radius 3 is 2.75 bits per heavy atom. The molecule has 0 bridgehead atoms. The number of hydrogen-bond donors (Lipinski definition) is 2. The average Bonchev–Trinajstić information content (AvgIpc) is 2.88. The van der Waals surface area contributed by atoms with Gasteiger partial charge in [0.05, 0.1) is 18.0 Å². The van der Waals surface area contributed by atoms with E-state index < -0.39 is 0 Å². The molecular formula is C15H22N4O. The highest BCUT2D eigenvalue weighted by Crippen LogP contribution is 2.07. The molecule has 0 fully saturated rings. The molecule has 5 heteroatoms. The van der Waals surface area contributed by atoms with Crippen LogP contribution in [0.4, 0.5) is 0 Å². The molecule has 1 atom stereocenters. The summed E-state index contributed by atoms with van der Waals surface area (Å²) in [6.07, 6.45) is 3.49. The quantitative estimate of drug-likeness (QED) is 0.787. The molecule has 1 aromatic heterocycles. The third kappa shape index (κ3) is 4.45. The minimum absolute atomic E-state index is 0.353. The molecule has 0 saturated heterocycles. The first-order valence-corrected chi connectivity index (χ1v) is 6.77. The number of benzene rings is 1. The Morgan fingerprint density at radius 2 is 2.05 bits per heavy atom. The molecule has 1 unspecified atom stereocenters. The highest BCUT2D eigenvalue weighted by molar-refractivity contribution is 5.30. The van der Waals surface area contributed by atoms with Crippen molar-refractivity contribution >= 4 is 0 Å². The molecule has 0 aliphatic rings. The molecule has 0 amide bonds. The van der Waals surface area contributed by atoms with Crippen molar-refractivity contribution in [3.8, 4) is 5.69 Å². The van der Waals surface area contributed by atoms with Gasteiger partial charge in [0.1, 0.15) is 0 Å². The SMILES string of the molecule is CN(C)CC(O)CNCc1cnn(-c2ccccc2)c1. The van der Waals surface area contributed by atoms with Gasteiger partial charge in [-0.05, 0) is 26.2 Å². The van der Waals surface area contributed by atoms with E-state index in [-0.39, 0.29) is 6.10 Å². The van der Waals surface area contributed by atoms with Gasteiger partial charge in [0, 0.05) is 31.4 Å². The van der Waals surface area contributed by atoms with Crippen molar-refractivity contribution in [3.63, 3.8) is 0 Å². The largest absolute Gasteiger partial charge is 0.390 e. The van der Waals surface area contributed by atoms with Crippen molar-refractivity contribution in [3.05, 3.63) is 48.3 Å². The minimum atomic E-state index is -0.353. The summed E-state index contributed by atoms with van der Waals surface area (Å²) in [5.74, 6) is 0. The lowest BCUT2D eigenvalue weighted by atomic mass is 10.3. The number of aromatic nitrogens is 2. The topological polar surface area (TPSA) is 53.3 Å². The number of nitrogens with zero attached hydrogens (tertiary/aromatic N) is 3. The Labute approximate surface area is 119 Å². The summed E-state index contributed by atoms with van der Waals surface area (Å²) in [4.78, 5) is 1.97. The van der Waals surface area contributed by atoms with Crippen LogP contribution in [0.2, 0.25) is 0 Å². The molecule has 1 aromatic carbocycles. The van der Waals surface area contributed by atoms with Crippen LogP contribution in [-0.4, -0.2) is 53.1 Å². The molecule has 2 rings (SSSR count). The zero-order valence-corrected chi connectivity index (χ0v) is 12.0. The predicted octanol–water partition coefficient (Wildman–Crippen LogP) is 0.884. The van der Waals surface area contributed by atoms with Crippen LogP contribution in [0, 0.1) is 0 Å². The molecule has 5 nitrogen and oxygen atoms in total. The molecule has 108 valence electrons. The number of para-hydroxylation sites is 1. The fourth-order valence-corrected chi connectivity index (χ4v) is 2.04. The van der Waals surface area contributed by atoms with E-state index in [1.165, 1.54) is 0 Å². The maximum absolute atomic E-state index is 9.76. The van der Waals surface area contributed by atoms with Gasteiger partial charge in [0.25, 0.3) is 0 Å². The minimum Gasteiger partial charge on any atom is -0.390 e. The summed E-state index contributed by atoms with van der Waals surface area (Å²) in [7, 11) is 3.90. The van der Waals surface area contributed by atoms with Gasteiger partial charge in [-0.1, -0.05) is 18.2 Å². The van der Waals surface area contributed by atoms with Gasteiger partial charge >= 0.3 is 0 Å². The summed E-state index contributed by atoms with van der Waals surface area (Å²) in [5.41, 5.74) is 2.15. The summed E-state index contributed by atoms with van der Waals surface area (Å²) < 4.78 is 1.85. The van der Waals surface area contributed by atoms with Gasteiger partial charge in [-0.3, -0.25) is 0 Å². The molecular weight excluding hydrogens is 252 g/mol. The van der Waals surface area contributed by atoms with E-state index in [1.54, 1.807) is 0 Å². The Hall–Kier alpha value is -1.69. The monoisotopic (exact) mass is 274 g/mol. The fourth-order valence-electron chi connectivity index (χ4n) is 2.04. The van der Waals surface area contributed by atoms with Gasteiger partial charge in [0.2, 0.25) is 0 Å². The lowest BCUT2D eigenvalue weighted by Gasteiger charge is -2.16. The first kappa shape index (κ1) is 14.7. The number of nitrogens with one attached hydrogen (secondary N) is 1. The second kappa shape index (κ2) is 7.19. The van der Waals surface area contributed by atoms with Crippen LogP contribution in [0.25, 0.3) is 5.69 Å². The fraction of sp³-hybridized carbons (Fsp3) is 0.400. The highest BCUT2D eigenvalue weighted by atomic mass is 16.3. The van der Waals surface area contributed by atoms with E-state index in [9.17, 15) is 5.11 Å². The molecule has 20 heavy (non-hydrogen) atoms.